The lowest BCUT2D eigenvalue weighted by atomic mass is 9.58. The van der Waals surface area contributed by atoms with Gasteiger partial charge < -0.3 is 9.84 Å². The Balaban J connectivity index is 1.31. The van der Waals surface area contributed by atoms with Crippen molar-refractivity contribution in [3.8, 4) is 0 Å². The molecule has 1 N–H and O–H groups in total. The van der Waals surface area contributed by atoms with Crippen LogP contribution in [-0.4, -0.2) is 27.4 Å². The van der Waals surface area contributed by atoms with Crippen molar-refractivity contribution in [1.82, 2.24) is 4.98 Å². The molecule has 3 nitrogen and oxygen atoms in total. The highest BCUT2D eigenvalue weighted by Gasteiger charge is 2.66. The predicted octanol–water partition coefficient (Wildman–Crippen LogP) is 5.84. The van der Waals surface area contributed by atoms with Gasteiger partial charge in [0.25, 0.3) is 0 Å². The van der Waals surface area contributed by atoms with E-state index < -0.39 is 0 Å². The van der Waals surface area contributed by atoms with Crippen LogP contribution in [0.5, 0.6) is 0 Å². The zero-order valence-corrected chi connectivity index (χ0v) is 18.3. The third-order valence-corrected chi connectivity index (χ3v) is 9.72. The summed E-state index contributed by atoms with van der Waals surface area (Å²) in [5, 5.41) is 13.0. The van der Waals surface area contributed by atoms with Gasteiger partial charge in [-0.15, -0.1) is 0 Å². The molecule has 6 atom stereocenters. The highest BCUT2D eigenvalue weighted by molar-refractivity contribution is 5.82. The highest BCUT2D eigenvalue weighted by Crippen LogP contribution is 2.69. The van der Waals surface area contributed by atoms with Crippen molar-refractivity contribution in [3.63, 3.8) is 0 Å². The zero-order valence-electron chi connectivity index (χ0n) is 18.3. The van der Waals surface area contributed by atoms with Gasteiger partial charge in [0.05, 0.1) is 17.3 Å². The summed E-state index contributed by atoms with van der Waals surface area (Å²) in [6.07, 6.45) is 17.1. The summed E-state index contributed by atoms with van der Waals surface area (Å²) < 4.78 is 7.18. The largest absolute Gasteiger partial charge is 0.393 e. The molecule has 0 amide bonds. The van der Waals surface area contributed by atoms with Crippen LogP contribution in [0.4, 0.5) is 0 Å². The number of benzene rings is 1. The molecule has 2 bridgehead atoms. The molecule has 7 rings (SSSR count). The van der Waals surface area contributed by atoms with Crippen LogP contribution in [0.25, 0.3) is 10.8 Å². The molecule has 3 heteroatoms. The summed E-state index contributed by atoms with van der Waals surface area (Å²) in [6.45, 7) is 2.52. The number of nitrogens with zero attached hydrogens (tertiary/aromatic N) is 1. The first-order valence-electron chi connectivity index (χ1n) is 12.2. The van der Waals surface area contributed by atoms with E-state index in [1.54, 1.807) is 0 Å². The maximum atomic E-state index is 10.4. The number of pyridine rings is 1. The number of aliphatic hydroxyl groups is 1. The summed E-state index contributed by atoms with van der Waals surface area (Å²) in [7, 11) is 0. The first-order chi connectivity index (χ1) is 15.0. The maximum absolute atomic E-state index is 10.4. The number of aliphatic hydroxyl groups excluding tert-OH is 1. The molecule has 3 heterocycles. The van der Waals surface area contributed by atoms with Crippen LogP contribution in [0.1, 0.15) is 69.8 Å². The number of rotatable bonds is 1. The molecule has 2 saturated carbocycles. The third kappa shape index (κ3) is 2.34. The second kappa shape index (κ2) is 6.08. The van der Waals surface area contributed by atoms with E-state index in [9.17, 15) is 5.11 Å². The van der Waals surface area contributed by atoms with Gasteiger partial charge in [-0.1, -0.05) is 31.2 Å². The minimum atomic E-state index is -0.213. The number of hydrogen-bond donors (Lipinski definition) is 1. The summed E-state index contributed by atoms with van der Waals surface area (Å²) in [5.74, 6) is 1.10. The predicted molar refractivity (Wildman–Crippen MR) is 122 cm³/mol. The highest BCUT2D eigenvalue weighted by atomic mass is 16.5. The van der Waals surface area contributed by atoms with Crippen molar-refractivity contribution in [2.45, 2.75) is 81.5 Å². The number of fused-ring (bicyclic) bond motifs is 2. The van der Waals surface area contributed by atoms with E-state index in [-0.39, 0.29) is 22.7 Å². The molecular formula is C28H31NO2. The van der Waals surface area contributed by atoms with E-state index in [0.29, 0.717) is 11.8 Å². The topological polar surface area (TPSA) is 42.4 Å². The number of allylic oxidation sites excluding steroid dienone is 1. The number of ether oxygens (including phenoxy) is 1. The fourth-order valence-electron chi connectivity index (χ4n) is 8.25. The van der Waals surface area contributed by atoms with Gasteiger partial charge in [-0.25, -0.2) is 0 Å². The monoisotopic (exact) mass is 413 g/mol. The van der Waals surface area contributed by atoms with Crippen molar-refractivity contribution in [1.29, 1.82) is 0 Å². The Bertz CT molecular complexity index is 1150. The average Bonchev–Trinajstić information content (AvgIpc) is 3.28. The summed E-state index contributed by atoms with van der Waals surface area (Å²) in [5.41, 5.74) is 4.26. The van der Waals surface area contributed by atoms with Crippen LogP contribution in [0.2, 0.25) is 0 Å². The molecule has 2 spiro atoms. The van der Waals surface area contributed by atoms with Crippen molar-refractivity contribution in [3.05, 3.63) is 65.5 Å². The fourth-order valence-corrected chi connectivity index (χ4v) is 8.25. The van der Waals surface area contributed by atoms with Crippen LogP contribution in [0.15, 0.2) is 60.0 Å². The van der Waals surface area contributed by atoms with Gasteiger partial charge >= 0.3 is 0 Å². The van der Waals surface area contributed by atoms with Crippen LogP contribution >= 0.6 is 0 Å². The molecule has 31 heavy (non-hydrogen) atoms. The second-order valence-electron chi connectivity index (χ2n) is 11.1. The minimum Gasteiger partial charge on any atom is -0.393 e. The molecule has 3 aliphatic carbocycles. The van der Waals surface area contributed by atoms with Crippen LogP contribution < -0.4 is 0 Å². The average molecular weight is 414 g/mol. The summed E-state index contributed by atoms with van der Waals surface area (Å²) >= 11 is 0. The van der Waals surface area contributed by atoms with Gasteiger partial charge in [0.1, 0.15) is 0 Å². The van der Waals surface area contributed by atoms with Gasteiger partial charge in [0.15, 0.2) is 0 Å². The Morgan fingerprint density at radius 3 is 2.97 bits per heavy atom. The maximum Gasteiger partial charge on any atom is 0.0974 e. The van der Waals surface area contributed by atoms with Gasteiger partial charge in [-0.3, -0.25) is 4.98 Å². The summed E-state index contributed by atoms with van der Waals surface area (Å²) in [4.78, 5) is 4.35. The van der Waals surface area contributed by atoms with E-state index in [2.05, 4.69) is 48.3 Å². The van der Waals surface area contributed by atoms with E-state index in [0.717, 1.165) is 38.5 Å². The Morgan fingerprint density at radius 1 is 1.10 bits per heavy atom. The Hall–Kier alpha value is -1.97. The Morgan fingerprint density at radius 2 is 2.03 bits per heavy atom. The molecule has 2 aromatic rings. The van der Waals surface area contributed by atoms with Crippen LogP contribution in [-0.2, 0) is 4.74 Å². The quantitative estimate of drug-likeness (QED) is 0.639. The van der Waals surface area contributed by atoms with E-state index >= 15 is 0 Å². The van der Waals surface area contributed by atoms with Gasteiger partial charge in [-0.2, -0.15) is 0 Å². The third-order valence-electron chi connectivity index (χ3n) is 9.72. The van der Waals surface area contributed by atoms with Crippen molar-refractivity contribution < 1.29 is 9.84 Å². The fraction of sp³-hybridized carbons (Fsp3) is 0.536. The smallest absolute Gasteiger partial charge is 0.0974 e. The number of aromatic nitrogens is 1. The molecule has 2 aliphatic heterocycles. The lowest BCUT2D eigenvalue weighted by Gasteiger charge is -2.54. The van der Waals surface area contributed by atoms with E-state index in [4.69, 9.17) is 4.74 Å². The zero-order chi connectivity index (χ0) is 20.8. The number of hydrogen-bond acceptors (Lipinski definition) is 3. The minimum absolute atomic E-state index is 0.138. The first-order valence-corrected chi connectivity index (χ1v) is 12.2. The molecule has 5 aliphatic rings. The van der Waals surface area contributed by atoms with Gasteiger partial charge in [0, 0.05) is 24.2 Å². The Kier molecular flexibility index (Phi) is 3.65. The van der Waals surface area contributed by atoms with Crippen LogP contribution in [0.3, 0.4) is 0 Å². The molecular weight excluding hydrogens is 382 g/mol. The van der Waals surface area contributed by atoms with Gasteiger partial charge in [-0.05, 0) is 96.4 Å². The van der Waals surface area contributed by atoms with Crippen molar-refractivity contribution in [2.75, 3.05) is 0 Å². The molecule has 1 saturated heterocycles. The van der Waals surface area contributed by atoms with Crippen molar-refractivity contribution >= 4 is 10.8 Å². The van der Waals surface area contributed by atoms with E-state index in [1.807, 2.05) is 12.4 Å². The summed E-state index contributed by atoms with van der Waals surface area (Å²) in [6, 6.07) is 9.10. The lowest BCUT2D eigenvalue weighted by molar-refractivity contribution is -0.144. The Labute approximate surface area is 184 Å². The molecule has 1 aromatic carbocycles. The van der Waals surface area contributed by atoms with E-state index in [1.165, 1.54) is 40.3 Å². The molecule has 6 unspecified atom stereocenters. The molecule has 160 valence electrons. The molecule has 3 fully saturated rings. The lowest BCUT2D eigenvalue weighted by Crippen LogP contribution is -2.54. The normalized spacial score (nSPS) is 43.1. The second-order valence-corrected chi connectivity index (χ2v) is 11.1. The SMILES string of the molecule is CC12CC=C3C=C4CCC(O)CC45CCC3(O5)C1CCC2c1ccc2ccncc2c1. The molecule has 0 radical (unpaired) electrons. The van der Waals surface area contributed by atoms with Crippen molar-refractivity contribution in [2.24, 2.45) is 11.3 Å². The standard InChI is InChI=1S/C28H31NO2/c1-26-10-8-22-15-21-4-5-23(30)16-27(21)11-12-28(22,31-27)25(26)7-6-24(26)19-3-2-18-9-13-29-17-20(18)14-19/h2-3,8-9,13-15,17,23-25,30H,4-7,10-12,16H2,1H3. The molecule has 1 aromatic heterocycles. The van der Waals surface area contributed by atoms with Gasteiger partial charge in [0.2, 0.25) is 0 Å². The van der Waals surface area contributed by atoms with Crippen LogP contribution in [0, 0.1) is 11.3 Å². The first kappa shape index (κ1) is 18.6.